The van der Waals surface area contributed by atoms with Crippen LogP contribution >= 0.6 is 0 Å². The number of hydrogen-bond acceptors (Lipinski definition) is 4. The number of aromatic nitrogens is 1. The van der Waals surface area contributed by atoms with Crippen molar-refractivity contribution in [1.29, 1.82) is 0 Å². The smallest absolute Gasteiger partial charge is 0.263 e. The fraction of sp³-hybridized carbons (Fsp3) is 0.154. The van der Waals surface area contributed by atoms with E-state index in [0.717, 1.165) is 5.56 Å². The lowest BCUT2D eigenvalue weighted by atomic mass is 10.2. The van der Waals surface area contributed by atoms with E-state index >= 15 is 0 Å². The van der Waals surface area contributed by atoms with Gasteiger partial charge in [0.1, 0.15) is 4.90 Å². The Hall–Kier alpha value is -1.92. The molecule has 100 valence electrons. The van der Waals surface area contributed by atoms with Crippen LogP contribution in [-0.2, 0) is 16.6 Å². The van der Waals surface area contributed by atoms with E-state index < -0.39 is 10.0 Å². The van der Waals surface area contributed by atoms with Crippen LogP contribution in [0.15, 0.2) is 47.5 Å². The number of anilines is 1. The molecule has 5 nitrogen and oxygen atoms in total. The molecule has 0 amide bonds. The molecule has 1 heterocycles. The van der Waals surface area contributed by atoms with Crippen molar-refractivity contribution >= 4 is 15.7 Å². The van der Waals surface area contributed by atoms with Gasteiger partial charge in [-0.05, 0) is 36.8 Å². The molecule has 0 saturated heterocycles. The molecule has 0 aliphatic heterocycles. The molecule has 19 heavy (non-hydrogen) atoms. The zero-order valence-corrected chi connectivity index (χ0v) is 11.3. The van der Waals surface area contributed by atoms with Crippen LogP contribution in [0.1, 0.15) is 11.3 Å². The van der Waals surface area contributed by atoms with E-state index in [2.05, 4.69) is 9.71 Å². The molecule has 0 fully saturated rings. The molecular weight excluding hydrogens is 262 g/mol. The van der Waals surface area contributed by atoms with Crippen LogP contribution in [0, 0.1) is 6.92 Å². The minimum Gasteiger partial charge on any atom is -0.325 e. The van der Waals surface area contributed by atoms with Gasteiger partial charge in [0.25, 0.3) is 10.0 Å². The summed E-state index contributed by atoms with van der Waals surface area (Å²) in [7, 11) is -3.67. The van der Waals surface area contributed by atoms with Gasteiger partial charge < -0.3 is 5.73 Å². The standard InChI is InChI=1S/C13H15N3O2S/c1-10-4-2-5-11(8-10)16-19(17,18)13-6-3-7-15-12(13)9-14/h2-8,16H,9,14H2,1H3. The van der Waals surface area contributed by atoms with Gasteiger partial charge in [0, 0.05) is 18.4 Å². The number of sulfonamides is 1. The molecule has 2 aromatic rings. The third-order valence-electron chi connectivity index (χ3n) is 2.60. The van der Waals surface area contributed by atoms with Crippen molar-refractivity contribution < 1.29 is 8.42 Å². The van der Waals surface area contributed by atoms with E-state index in [1.165, 1.54) is 12.3 Å². The van der Waals surface area contributed by atoms with Crippen LogP contribution in [0.3, 0.4) is 0 Å². The van der Waals surface area contributed by atoms with Crippen molar-refractivity contribution in [3.8, 4) is 0 Å². The van der Waals surface area contributed by atoms with Crippen LogP contribution in [0.25, 0.3) is 0 Å². The molecule has 1 aromatic carbocycles. The van der Waals surface area contributed by atoms with E-state index in [1.807, 2.05) is 13.0 Å². The maximum absolute atomic E-state index is 12.3. The van der Waals surface area contributed by atoms with Crippen LogP contribution < -0.4 is 10.5 Å². The Morgan fingerprint density at radius 1 is 1.26 bits per heavy atom. The first kappa shape index (κ1) is 13.5. The summed E-state index contributed by atoms with van der Waals surface area (Å²) in [6.07, 6.45) is 1.52. The van der Waals surface area contributed by atoms with E-state index in [-0.39, 0.29) is 11.4 Å². The highest BCUT2D eigenvalue weighted by molar-refractivity contribution is 7.92. The monoisotopic (exact) mass is 277 g/mol. The van der Waals surface area contributed by atoms with Crippen LogP contribution in [0.5, 0.6) is 0 Å². The molecule has 0 atom stereocenters. The molecule has 0 bridgehead atoms. The summed E-state index contributed by atoms with van der Waals surface area (Å²) in [4.78, 5) is 4.09. The number of aryl methyl sites for hydroxylation is 1. The Bertz CT molecular complexity index is 684. The largest absolute Gasteiger partial charge is 0.325 e. The number of hydrogen-bond donors (Lipinski definition) is 2. The second kappa shape index (κ2) is 5.38. The van der Waals surface area contributed by atoms with Crippen molar-refractivity contribution in [2.45, 2.75) is 18.4 Å². The van der Waals surface area contributed by atoms with Gasteiger partial charge in [-0.1, -0.05) is 12.1 Å². The summed E-state index contributed by atoms with van der Waals surface area (Å²) in [6.45, 7) is 1.97. The van der Waals surface area contributed by atoms with Crippen molar-refractivity contribution in [1.82, 2.24) is 4.98 Å². The summed E-state index contributed by atoms with van der Waals surface area (Å²) in [5, 5.41) is 0. The molecule has 1 aromatic heterocycles. The minimum absolute atomic E-state index is 0.0743. The second-order valence-electron chi connectivity index (χ2n) is 4.13. The first-order valence-electron chi connectivity index (χ1n) is 5.76. The van der Waals surface area contributed by atoms with Crippen LogP contribution in [0.4, 0.5) is 5.69 Å². The maximum Gasteiger partial charge on any atom is 0.263 e. The summed E-state index contributed by atoms with van der Waals surface area (Å²) in [5.41, 5.74) is 7.36. The highest BCUT2D eigenvalue weighted by atomic mass is 32.2. The van der Waals surface area contributed by atoms with E-state index in [1.54, 1.807) is 24.3 Å². The van der Waals surface area contributed by atoms with Gasteiger partial charge in [0.2, 0.25) is 0 Å². The molecule has 0 aliphatic rings. The average molecular weight is 277 g/mol. The predicted octanol–water partition coefficient (Wildman–Crippen LogP) is 1.65. The molecule has 3 N–H and O–H groups in total. The lowest BCUT2D eigenvalue weighted by Crippen LogP contribution is -2.17. The number of pyridine rings is 1. The number of benzene rings is 1. The van der Waals surface area contributed by atoms with Crippen molar-refractivity contribution in [2.24, 2.45) is 5.73 Å². The number of rotatable bonds is 4. The zero-order chi connectivity index (χ0) is 13.9. The van der Waals surface area contributed by atoms with Crippen molar-refractivity contribution in [3.63, 3.8) is 0 Å². The van der Waals surface area contributed by atoms with Gasteiger partial charge in [0.15, 0.2) is 0 Å². The first-order valence-corrected chi connectivity index (χ1v) is 7.25. The lowest BCUT2D eigenvalue weighted by molar-refractivity contribution is 0.599. The first-order chi connectivity index (χ1) is 9.03. The van der Waals surface area contributed by atoms with Gasteiger partial charge in [-0.25, -0.2) is 8.42 Å². The summed E-state index contributed by atoms with van der Waals surface area (Å²) in [5.74, 6) is 0. The van der Waals surface area contributed by atoms with Gasteiger partial charge >= 0.3 is 0 Å². The molecule has 0 aliphatic carbocycles. The fourth-order valence-electron chi connectivity index (χ4n) is 1.74. The quantitative estimate of drug-likeness (QED) is 0.889. The summed E-state index contributed by atoms with van der Waals surface area (Å²) in [6, 6.07) is 10.2. The molecule has 2 rings (SSSR count). The Kier molecular flexibility index (Phi) is 3.82. The predicted molar refractivity (Wildman–Crippen MR) is 74.1 cm³/mol. The third kappa shape index (κ3) is 3.10. The lowest BCUT2D eigenvalue weighted by Gasteiger charge is -2.10. The zero-order valence-electron chi connectivity index (χ0n) is 10.5. The number of nitrogens with zero attached hydrogens (tertiary/aromatic N) is 1. The SMILES string of the molecule is Cc1cccc(NS(=O)(=O)c2cccnc2CN)c1. The topological polar surface area (TPSA) is 85.1 Å². The second-order valence-corrected chi connectivity index (χ2v) is 5.78. The van der Waals surface area contributed by atoms with Crippen molar-refractivity contribution in [3.05, 3.63) is 53.9 Å². The van der Waals surface area contributed by atoms with Gasteiger partial charge in [0.05, 0.1) is 5.69 Å². The van der Waals surface area contributed by atoms with E-state index in [4.69, 9.17) is 5.73 Å². The van der Waals surface area contributed by atoms with E-state index in [9.17, 15) is 8.42 Å². The van der Waals surface area contributed by atoms with Crippen LogP contribution in [-0.4, -0.2) is 13.4 Å². The Morgan fingerprint density at radius 2 is 2.05 bits per heavy atom. The normalized spacial score (nSPS) is 11.3. The Morgan fingerprint density at radius 3 is 2.74 bits per heavy atom. The van der Waals surface area contributed by atoms with Crippen molar-refractivity contribution in [2.75, 3.05) is 4.72 Å². The third-order valence-corrected chi connectivity index (χ3v) is 4.06. The highest BCUT2D eigenvalue weighted by Gasteiger charge is 2.18. The Labute approximate surface area is 112 Å². The molecule has 6 heteroatoms. The van der Waals surface area contributed by atoms with Crippen LogP contribution in [0.2, 0.25) is 0 Å². The Balaban J connectivity index is 2.38. The minimum atomic E-state index is -3.67. The summed E-state index contributed by atoms with van der Waals surface area (Å²) >= 11 is 0. The van der Waals surface area contributed by atoms with Gasteiger partial charge in [-0.2, -0.15) is 0 Å². The number of nitrogens with two attached hydrogens (primary N) is 1. The summed E-state index contributed by atoms with van der Waals surface area (Å²) < 4.78 is 27.1. The van der Waals surface area contributed by atoms with Gasteiger partial charge in [-0.15, -0.1) is 0 Å². The van der Waals surface area contributed by atoms with Gasteiger partial charge in [-0.3, -0.25) is 9.71 Å². The number of nitrogens with one attached hydrogen (secondary N) is 1. The molecule has 0 saturated carbocycles. The average Bonchev–Trinajstić information content (AvgIpc) is 2.38. The molecule has 0 radical (unpaired) electrons. The highest BCUT2D eigenvalue weighted by Crippen LogP contribution is 2.18. The van der Waals surface area contributed by atoms with E-state index in [0.29, 0.717) is 11.4 Å². The molecular formula is C13H15N3O2S. The molecule has 0 spiro atoms. The molecule has 0 unspecified atom stereocenters. The fourth-order valence-corrected chi connectivity index (χ4v) is 2.99. The maximum atomic E-state index is 12.3.